The van der Waals surface area contributed by atoms with Crippen LogP contribution >= 0.6 is 0 Å². The summed E-state index contributed by atoms with van der Waals surface area (Å²) < 4.78 is 0. The second-order valence-electron chi connectivity index (χ2n) is 4.77. The van der Waals surface area contributed by atoms with Gasteiger partial charge in [0.15, 0.2) is 0 Å². The fourth-order valence-electron chi connectivity index (χ4n) is 1.42. The van der Waals surface area contributed by atoms with Crippen molar-refractivity contribution in [3.8, 4) is 5.75 Å². The number of hydrogen-bond donors (Lipinski definition) is 2. The summed E-state index contributed by atoms with van der Waals surface area (Å²) in [4.78, 5) is 13.7. The second kappa shape index (κ2) is 5.19. The number of aromatic hydroxyl groups is 1. The molecule has 1 amide bonds. The molecule has 0 aliphatic rings. The number of likely N-dealkylation sites (N-methyl/N-ethyl adjacent to an activating group) is 1. The molecule has 0 radical (unpaired) electrons. The van der Waals surface area contributed by atoms with E-state index in [0.29, 0.717) is 12.1 Å². The Morgan fingerprint density at radius 3 is 2.53 bits per heavy atom. The third-order valence-corrected chi connectivity index (χ3v) is 3.11. The standard InChI is InChI=1S/C13H20N2O2/c1-13(2,9-14)15(3)12(17)8-10-6-4-5-7-11(10)16/h4-7,16H,8-9,14H2,1-3H3. The van der Waals surface area contributed by atoms with Crippen molar-refractivity contribution in [3.05, 3.63) is 29.8 Å². The zero-order valence-electron chi connectivity index (χ0n) is 10.6. The molecule has 1 aromatic rings. The molecule has 0 aliphatic carbocycles. The van der Waals surface area contributed by atoms with Gasteiger partial charge in [-0.25, -0.2) is 0 Å². The van der Waals surface area contributed by atoms with Gasteiger partial charge >= 0.3 is 0 Å². The molecule has 0 saturated heterocycles. The molecule has 0 fully saturated rings. The summed E-state index contributed by atoms with van der Waals surface area (Å²) in [6, 6.07) is 6.86. The molecule has 4 heteroatoms. The maximum Gasteiger partial charge on any atom is 0.227 e. The number of nitrogens with zero attached hydrogens (tertiary/aromatic N) is 1. The molecular formula is C13H20N2O2. The van der Waals surface area contributed by atoms with Crippen molar-refractivity contribution in [3.63, 3.8) is 0 Å². The van der Waals surface area contributed by atoms with E-state index < -0.39 is 0 Å². The number of benzene rings is 1. The number of carbonyl (C=O) groups is 1. The molecule has 0 aromatic heterocycles. The minimum atomic E-state index is -0.374. The number of phenols is 1. The Kier molecular flexibility index (Phi) is 4.12. The Morgan fingerprint density at radius 1 is 1.41 bits per heavy atom. The van der Waals surface area contributed by atoms with Crippen LogP contribution in [0.2, 0.25) is 0 Å². The summed E-state index contributed by atoms with van der Waals surface area (Å²) in [5.41, 5.74) is 5.89. The monoisotopic (exact) mass is 236 g/mol. The highest BCUT2D eigenvalue weighted by atomic mass is 16.3. The first kappa shape index (κ1) is 13.5. The average molecular weight is 236 g/mol. The molecule has 0 heterocycles. The van der Waals surface area contributed by atoms with Crippen LogP contribution in [0.5, 0.6) is 5.75 Å². The van der Waals surface area contributed by atoms with Crippen LogP contribution in [0, 0.1) is 0 Å². The number of phenolic OH excluding ortho intramolecular Hbond substituents is 1. The van der Waals surface area contributed by atoms with Gasteiger partial charge in [-0.15, -0.1) is 0 Å². The molecular weight excluding hydrogens is 216 g/mol. The van der Waals surface area contributed by atoms with Gasteiger partial charge in [-0.3, -0.25) is 4.79 Å². The van der Waals surface area contributed by atoms with Crippen molar-refractivity contribution in [2.24, 2.45) is 5.73 Å². The molecule has 1 rings (SSSR count). The molecule has 0 saturated carbocycles. The van der Waals surface area contributed by atoms with Gasteiger partial charge in [-0.2, -0.15) is 0 Å². The number of carbonyl (C=O) groups excluding carboxylic acids is 1. The minimum absolute atomic E-state index is 0.0537. The lowest BCUT2D eigenvalue weighted by Crippen LogP contribution is -2.50. The van der Waals surface area contributed by atoms with Gasteiger partial charge in [-0.1, -0.05) is 18.2 Å². The van der Waals surface area contributed by atoms with E-state index in [1.54, 1.807) is 36.2 Å². The average Bonchev–Trinajstić information content (AvgIpc) is 2.31. The van der Waals surface area contributed by atoms with E-state index in [-0.39, 0.29) is 23.6 Å². The van der Waals surface area contributed by atoms with E-state index >= 15 is 0 Å². The topological polar surface area (TPSA) is 66.6 Å². The number of amides is 1. The number of para-hydroxylation sites is 1. The zero-order valence-corrected chi connectivity index (χ0v) is 10.6. The smallest absolute Gasteiger partial charge is 0.227 e. The molecule has 17 heavy (non-hydrogen) atoms. The van der Waals surface area contributed by atoms with Crippen LogP contribution in [-0.2, 0) is 11.2 Å². The van der Waals surface area contributed by atoms with Crippen LogP contribution in [0.15, 0.2) is 24.3 Å². The van der Waals surface area contributed by atoms with E-state index in [0.717, 1.165) is 0 Å². The van der Waals surface area contributed by atoms with Gasteiger partial charge in [0.2, 0.25) is 5.91 Å². The number of hydrogen-bond acceptors (Lipinski definition) is 3. The van der Waals surface area contributed by atoms with Gasteiger partial charge in [0, 0.05) is 24.7 Å². The first-order valence-corrected chi connectivity index (χ1v) is 5.62. The van der Waals surface area contributed by atoms with Crippen LogP contribution < -0.4 is 5.73 Å². The molecule has 0 spiro atoms. The van der Waals surface area contributed by atoms with Gasteiger partial charge in [-0.05, 0) is 19.9 Å². The Hall–Kier alpha value is -1.55. The molecule has 94 valence electrons. The van der Waals surface area contributed by atoms with E-state index in [2.05, 4.69) is 0 Å². The lowest BCUT2D eigenvalue weighted by Gasteiger charge is -2.34. The normalized spacial score (nSPS) is 11.3. The van der Waals surface area contributed by atoms with Crippen LogP contribution in [0.25, 0.3) is 0 Å². The molecule has 0 unspecified atom stereocenters. The molecule has 0 bridgehead atoms. The molecule has 0 aliphatic heterocycles. The fraction of sp³-hybridized carbons (Fsp3) is 0.462. The maximum atomic E-state index is 12.0. The van der Waals surface area contributed by atoms with Crippen LogP contribution in [-0.4, -0.2) is 35.0 Å². The Balaban J connectivity index is 2.77. The molecule has 1 aromatic carbocycles. The number of rotatable bonds is 4. The van der Waals surface area contributed by atoms with Crippen molar-refractivity contribution in [2.45, 2.75) is 25.8 Å². The Bertz CT molecular complexity index is 402. The lowest BCUT2D eigenvalue weighted by atomic mass is 10.0. The van der Waals surface area contributed by atoms with Crippen molar-refractivity contribution in [1.82, 2.24) is 4.90 Å². The van der Waals surface area contributed by atoms with Crippen molar-refractivity contribution in [1.29, 1.82) is 0 Å². The van der Waals surface area contributed by atoms with E-state index in [4.69, 9.17) is 5.73 Å². The summed E-state index contributed by atoms with van der Waals surface area (Å²) in [5, 5.41) is 9.61. The van der Waals surface area contributed by atoms with Crippen molar-refractivity contribution in [2.75, 3.05) is 13.6 Å². The van der Waals surface area contributed by atoms with Gasteiger partial charge in [0.05, 0.1) is 6.42 Å². The van der Waals surface area contributed by atoms with Crippen LogP contribution in [0.4, 0.5) is 0 Å². The highest BCUT2D eigenvalue weighted by Crippen LogP contribution is 2.18. The molecule has 0 atom stereocenters. The summed E-state index contributed by atoms with van der Waals surface area (Å²) in [7, 11) is 1.73. The lowest BCUT2D eigenvalue weighted by molar-refractivity contribution is -0.133. The zero-order chi connectivity index (χ0) is 13.1. The summed E-state index contributed by atoms with van der Waals surface area (Å²) in [5.74, 6) is 0.0988. The van der Waals surface area contributed by atoms with Gasteiger partial charge < -0.3 is 15.7 Å². The predicted octanol–water partition coefficient (Wildman–Crippen LogP) is 1.13. The summed E-state index contributed by atoms with van der Waals surface area (Å²) in [6.07, 6.45) is 0.187. The Morgan fingerprint density at radius 2 is 2.00 bits per heavy atom. The predicted molar refractivity (Wildman–Crippen MR) is 67.7 cm³/mol. The maximum absolute atomic E-state index is 12.0. The van der Waals surface area contributed by atoms with Crippen molar-refractivity contribution < 1.29 is 9.90 Å². The van der Waals surface area contributed by atoms with Gasteiger partial charge in [0.1, 0.15) is 5.75 Å². The Labute approximate surface area is 102 Å². The van der Waals surface area contributed by atoms with E-state index in [1.807, 2.05) is 13.8 Å². The van der Waals surface area contributed by atoms with Crippen molar-refractivity contribution >= 4 is 5.91 Å². The molecule has 4 nitrogen and oxygen atoms in total. The summed E-state index contributed by atoms with van der Waals surface area (Å²) in [6.45, 7) is 4.22. The largest absolute Gasteiger partial charge is 0.508 e. The van der Waals surface area contributed by atoms with E-state index in [1.165, 1.54) is 0 Å². The van der Waals surface area contributed by atoms with Crippen LogP contribution in [0.1, 0.15) is 19.4 Å². The third kappa shape index (κ3) is 3.20. The van der Waals surface area contributed by atoms with Crippen LogP contribution in [0.3, 0.4) is 0 Å². The number of nitrogens with two attached hydrogens (primary N) is 1. The minimum Gasteiger partial charge on any atom is -0.508 e. The summed E-state index contributed by atoms with van der Waals surface area (Å²) >= 11 is 0. The first-order valence-electron chi connectivity index (χ1n) is 5.62. The third-order valence-electron chi connectivity index (χ3n) is 3.11. The fourth-order valence-corrected chi connectivity index (χ4v) is 1.42. The highest BCUT2D eigenvalue weighted by Gasteiger charge is 2.26. The molecule has 3 N–H and O–H groups in total. The first-order chi connectivity index (χ1) is 7.88. The quantitative estimate of drug-likeness (QED) is 0.823. The van der Waals surface area contributed by atoms with E-state index in [9.17, 15) is 9.90 Å². The second-order valence-corrected chi connectivity index (χ2v) is 4.77. The SMILES string of the molecule is CN(C(=O)Cc1ccccc1O)C(C)(C)CN. The highest BCUT2D eigenvalue weighted by molar-refractivity contribution is 5.80. The van der Waals surface area contributed by atoms with Gasteiger partial charge in [0.25, 0.3) is 0 Å².